The van der Waals surface area contributed by atoms with E-state index >= 15 is 0 Å². The lowest BCUT2D eigenvalue weighted by molar-refractivity contribution is -0.181. The Hall–Kier alpha value is -1.16. The molecule has 2 rings (SSSR count). The van der Waals surface area contributed by atoms with Gasteiger partial charge in [0.15, 0.2) is 5.79 Å². The Balaban J connectivity index is 2.08. The van der Waals surface area contributed by atoms with E-state index in [4.69, 9.17) is 15.2 Å². The van der Waals surface area contributed by atoms with Crippen molar-refractivity contribution in [3.8, 4) is 0 Å². The van der Waals surface area contributed by atoms with Crippen LogP contribution in [0, 0.1) is 5.92 Å². The maximum absolute atomic E-state index is 6.36. The molecule has 0 spiro atoms. The number of hydrogen-bond acceptors (Lipinski definition) is 3. The van der Waals surface area contributed by atoms with Crippen LogP contribution in [0.3, 0.4) is 0 Å². The number of hydrogen-bond donors (Lipinski definition) is 1. The van der Waals surface area contributed by atoms with Gasteiger partial charge in [-0.3, -0.25) is 0 Å². The van der Waals surface area contributed by atoms with E-state index in [0.29, 0.717) is 19.1 Å². The van der Waals surface area contributed by atoms with Crippen molar-refractivity contribution in [1.29, 1.82) is 0 Å². The van der Waals surface area contributed by atoms with Crippen LogP contribution in [0.2, 0.25) is 0 Å². The quantitative estimate of drug-likeness (QED) is 0.800. The summed E-state index contributed by atoms with van der Waals surface area (Å²) < 4.78 is 11.7. The highest BCUT2D eigenvalue weighted by Crippen LogP contribution is 2.31. The molecule has 2 atom stereocenters. The van der Waals surface area contributed by atoms with Gasteiger partial charge in [0.05, 0.1) is 19.3 Å². The highest BCUT2D eigenvalue weighted by Gasteiger charge is 2.43. The van der Waals surface area contributed by atoms with Crippen LogP contribution in [0.25, 0.3) is 0 Å². The normalized spacial score (nSPS) is 20.9. The molecule has 104 valence electrons. The van der Waals surface area contributed by atoms with E-state index < -0.39 is 5.79 Å². The third-order valence-corrected chi connectivity index (χ3v) is 3.65. The maximum Gasteiger partial charge on any atom is 0.184 e. The molecular weight excluding hydrogens is 238 g/mol. The minimum atomic E-state index is -0.663. The van der Waals surface area contributed by atoms with Gasteiger partial charge < -0.3 is 15.2 Å². The minimum absolute atomic E-state index is 0.167. The van der Waals surface area contributed by atoms with E-state index in [0.717, 1.165) is 12.8 Å². The number of benzene rings is 1. The number of nitrogens with two attached hydrogens (primary N) is 1. The molecule has 0 radical (unpaired) electrons. The van der Waals surface area contributed by atoms with Crippen molar-refractivity contribution in [2.45, 2.75) is 31.6 Å². The largest absolute Gasteiger partial charge is 0.346 e. The summed E-state index contributed by atoms with van der Waals surface area (Å²) in [5, 5.41) is 0. The van der Waals surface area contributed by atoms with Crippen LogP contribution in [0.5, 0.6) is 0 Å². The number of rotatable bonds is 6. The van der Waals surface area contributed by atoms with Gasteiger partial charge in [-0.15, -0.1) is 6.58 Å². The summed E-state index contributed by atoms with van der Waals surface area (Å²) in [5.41, 5.74) is 7.57. The molecule has 0 aromatic heterocycles. The second kappa shape index (κ2) is 6.33. The van der Waals surface area contributed by atoms with Crippen LogP contribution in [0.4, 0.5) is 0 Å². The topological polar surface area (TPSA) is 44.5 Å². The predicted molar refractivity (Wildman–Crippen MR) is 76.7 cm³/mol. The van der Waals surface area contributed by atoms with Crippen molar-refractivity contribution >= 4 is 0 Å². The molecule has 1 aromatic carbocycles. The van der Waals surface area contributed by atoms with E-state index in [9.17, 15) is 0 Å². The standard InChI is InChI=1S/C16H23NO2/c1-3-13(2)12-16(18-9-10-19-16)15(17)11-14-7-5-4-6-8-14/h3-8,13,15H,1,9-12,17H2,2H3/t13-,15+/m1/s1. The van der Waals surface area contributed by atoms with Crippen LogP contribution in [0.1, 0.15) is 18.9 Å². The molecule has 3 heteroatoms. The van der Waals surface area contributed by atoms with E-state index in [1.54, 1.807) is 0 Å². The maximum atomic E-state index is 6.36. The molecule has 1 saturated heterocycles. The predicted octanol–water partition coefficient (Wildman–Crippen LogP) is 2.51. The summed E-state index contributed by atoms with van der Waals surface area (Å²) in [4.78, 5) is 0. The lowest BCUT2D eigenvalue weighted by Gasteiger charge is -2.35. The Morgan fingerprint density at radius 1 is 1.32 bits per heavy atom. The monoisotopic (exact) mass is 261 g/mol. The first-order valence-electron chi connectivity index (χ1n) is 6.86. The molecule has 0 bridgehead atoms. The Bertz CT molecular complexity index is 398. The molecular formula is C16H23NO2. The highest BCUT2D eigenvalue weighted by atomic mass is 16.7. The first kappa shape index (κ1) is 14.3. The van der Waals surface area contributed by atoms with Crippen molar-refractivity contribution < 1.29 is 9.47 Å². The molecule has 1 aliphatic rings. The molecule has 19 heavy (non-hydrogen) atoms. The fraction of sp³-hybridized carbons (Fsp3) is 0.500. The van der Waals surface area contributed by atoms with Crippen molar-refractivity contribution in [2.24, 2.45) is 11.7 Å². The van der Waals surface area contributed by atoms with Gasteiger partial charge in [0, 0.05) is 6.42 Å². The third kappa shape index (κ3) is 3.44. The first-order valence-corrected chi connectivity index (χ1v) is 6.86. The van der Waals surface area contributed by atoms with Crippen LogP contribution in [0.15, 0.2) is 43.0 Å². The smallest absolute Gasteiger partial charge is 0.184 e. The van der Waals surface area contributed by atoms with Gasteiger partial charge in [-0.1, -0.05) is 43.3 Å². The van der Waals surface area contributed by atoms with Crippen LogP contribution in [-0.2, 0) is 15.9 Å². The van der Waals surface area contributed by atoms with Gasteiger partial charge in [-0.05, 0) is 17.9 Å². The lowest BCUT2D eigenvalue weighted by Crippen LogP contribution is -2.51. The molecule has 0 unspecified atom stereocenters. The summed E-state index contributed by atoms with van der Waals surface area (Å²) in [6.45, 7) is 7.17. The van der Waals surface area contributed by atoms with Crippen molar-refractivity contribution in [1.82, 2.24) is 0 Å². The van der Waals surface area contributed by atoms with Crippen LogP contribution < -0.4 is 5.73 Å². The van der Waals surface area contributed by atoms with E-state index in [1.807, 2.05) is 24.3 Å². The van der Waals surface area contributed by atoms with E-state index in [1.165, 1.54) is 5.56 Å². The van der Waals surface area contributed by atoms with Crippen molar-refractivity contribution in [3.63, 3.8) is 0 Å². The number of ether oxygens (including phenoxy) is 2. The molecule has 0 saturated carbocycles. The summed E-state index contributed by atoms with van der Waals surface area (Å²) in [7, 11) is 0. The zero-order valence-electron chi connectivity index (χ0n) is 11.5. The van der Waals surface area contributed by atoms with Gasteiger partial charge in [-0.2, -0.15) is 0 Å². The van der Waals surface area contributed by atoms with E-state index in [-0.39, 0.29) is 6.04 Å². The first-order chi connectivity index (χ1) is 9.16. The molecule has 1 aromatic rings. The summed E-state index contributed by atoms with van der Waals surface area (Å²) in [5.74, 6) is -0.344. The Kier molecular flexibility index (Phi) is 4.75. The van der Waals surface area contributed by atoms with Gasteiger partial charge in [0.2, 0.25) is 0 Å². The fourth-order valence-electron chi connectivity index (χ4n) is 2.51. The van der Waals surface area contributed by atoms with Crippen LogP contribution in [-0.4, -0.2) is 25.0 Å². The zero-order valence-corrected chi connectivity index (χ0v) is 11.5. The van der Waals surface area contributed by atoms with Gasteiger partial charge >= 0.3 is 0 Å². The summed E-state index contributed by atoms with van der Waals surface area (Å²) >= 11 is 0. The second-order valence-corrected chi connectivity index (χ2v) is 5.22. The third-order valence-electron chi connectivity index (χ3n) is 3.65. The zero-order chi connectivity index (χ0) is 13.7. The molecule has 0 amide bonds. The Labute approximate surface area is 115 Å². The number of allylic oxidation sites excluding steroid dienone is 1. The van der Waals surface area contributed by atoms with Crippen LogP contribution >= 0.6 is 0 Å². The Morgan fingerprint density at radius 3 is 2.53 bits per heavy atom. The van der Waals surface area contributed by atoms with Crippen molar-refractivity contribution in [2.75, 3.05) is 13.2 Å². The molecule has 1 aliphatic heterocycles. The second-order valence-electron chi connectivity index (χ2n) is 5.22. The fourth-order valence-corrected chi connectivity index (χ4v) is 2.51. The average Bonchev–Trinajstić information content (AvgIpc) is 2.89. The summed E-state index contributed by atoms with van der Waals surface area (Å²) in [6.07, 6.45) is 3.43. The van der Waals surface area contributed by atoms with Gasteiger partial charge in [-0.25, -0.2) is 0 Å². The van der Waals surface area contributed by atoms with Gasteiger partial charge in [0.25, 0.3) is 0 Å². The molecule has 0 aliphatic carbocycles. The molecule has 1 fully saturated rings. The minimum Gasteiger partial charge on any atom is -0.346 e. The molecule has 2 N–H and O–H groups in total. The van der Waals surface area contributed by atoms with E-state index in [2.05, 4.69) is 25.6 Å². The highest BCUT2D eigenvalue weighted by molar-refractivity contribution is 5.16. The van der Waals surface area contributed by atoms with Gasteiger partial charge in [0.1, 0.15) is 0 Å². The Morgan fingerprint density at radius 2 is 1.95 bits per heavy atom. The molecule has 1 heterocycles. The average molecular weight is 261 g/mol. The summed E-state index contributed by atoms with van der Waals surface area (Å²) in [6, 6.07) is 10.1. The SMILES string of the molecule is C=C[C@@H](C)CC1([C@@H](N)Cc2ccccc2)OCCO1. The lowest BCUT2D eigenvalue weighted by atomic mass is 9.91. The molecule has 3 nitrogen and oxygen atoms in total. The van der Waals surface area contributed by atoms with Crippen molar-refractivity contribution in [3.05, 3.63) is 48.6 Å².